The molecule has 30 heavy (non-hydrogen) atoms. The van der Waals surface area contributed by atoms with Gasteiger partial charge in [-0.15, -0.1) is 11.3 Å². The second-order valence-corrected chi connectivity index (χ2v) is 8.62. The molecule has 2 aromatic carbocycles. The minimum atomic E-state index is -1.46. The number of hydrogen-bond donors (Lipinski definition) is 2. The first kappa shape index (κ1) is 20.2. The van der Waals surface area contributed by atoms with Crippen LogP contribution in [0.2, 0.25) is 0 Å². The summed E-state index contributed by atoms with van der Waals surface area (Å²) in [6.07, 6.45) is 4.55. The normalized spacial score (nSPS) is 17.4. The highest BCUT2D eigenvalue weighted by Crippen LogP contribution is 2.41. The van der Waals surface area contributed by atoms with Gasteiger partial charge in [-0.05, 0) is 30.4 Å². The number of nitrogens with zero attached hydrogens (tertiary/aromatic N) is 2. The second-order valence-electron chi connectivity index (χ2n) is 6.62. The molecule has 0 amide bonds. The maximum absolute atomic E-state index is 13.5. The van der Waals surface area contributed by atoms with E-state index in [1.165, 1.54) is 18.3 Å². The Hall–Kier alpha value is -3.10. The second kappa shape index (κ2) is 7.97. The van der Waals surface area contributed by atoms with E-state index in [0.29, 0.717) is 20.1 Å². The number of aromatic nitrogens is 1. The number of rotatable bonds is 6. The number of phenols is 1. The molecule has 150 valence electrons. The number of carboxylic acids is 1. The number of hydrogen-bond acceptors (Lipinski definition) is 6. The van der Waals surface area contributed by atoms with Gasteiger partial charge in [-0.25, -0.2) is 4.98 Å². The summed E-state index contributed by atoms with van der Waals surface area (Å²) < 4.78 is 0.639. The Morgan fingerprint density at radius 2 is 1.90 bits per heavy atom. The number of ketones is 1. The zero-order valence-corrected chi connectivity index (χ0v) is 17.9. The summed E-state index contributed by atoms with van der Waals surface area (Å²) >= 11 is 4.46. The van der Waals surface area contributed by atoms with Crippen LogP contribution in [0, 0.1) is 0 Å². The topological polar surface area (TPSA) is 99.8 Å². The summed E-state index contributed by atoms with van der Waals surface area (Å²) in [6.45, 7) is 0. The Bertz CT molecular complexity index is 1190. The lowest BCUT2D eigenvalue weighted by molar-refractivity contribution is -0.136. The van der Waals surface area contributed by atoms with Gasteiger partial charge >= 0.3 is 5.97 Å². The zero-order chi connectivity index (χ0) is 21.3. The van der Waals surface area contributed by atoms with Gasteiger partial charge in [-0.2, -0.15) is 0 Å². The molecule has 4 rings (SSSR count). The highest BCUT2D eigenvalue weighted by Gasteiger charge is 2.44. The van der Waals surface area contributed by atoms with E-state index >= 15 is 0 Å². The van der Waals surface area contributed by atoms with Crippen molar-refractivity contribution in [3.8, 4) is 17.0 Å². The fourth-order valence-electron chi connectivity index (χ4n) is 3.23. The van der Waals surface area contributed by atoms with Crippen LogP contribution in [0.4, 0.5) is 0 Å². The monoisotopic (exact) mass is 482 g/mol. The number of carbonyl (C=O) groups is 2. The molecular weight excluding hydrogens is 468 g/mol. The fraction of sp³-hybridized carbons (Fsp3) is 0.0909. The first-order valence-electron chi connectivity index (χ1n) is 8.94. The predicted molar refractivity (Wildman–Crippen MR) is 118 cm³/mol. The van der Waals surface area contributed by atoms with Crippen LogP contribution in [0.25, 0.3) is 11.3 Å². The Labute approximate surface area is 184 Å². The maximum Gasteiger partial charge on any atom is 0.308 e. The standard InChI is InChI=1S/C22H15BrN2O4S/c23-14-7-8-16(26)15(11-14)20(29)22(9-4-10-24-22)21-25-19(13-5-2-1-3-6-13)17(30-21)12-18(27)28/h1-11,26H,12H2,(H,27,28). The lowest BCUT2D eigenvalue weighted by Gasteiger charge is -2.21. The number of phenolic OH excluding ortho intramolecular Hbond substituents is 1. The lowest BCUT2D eigenvalue weighted by Crippen LogP contribution is -2.30. The number of allylic oxidation sites excluding steroid dienone is 1. The average Bonchev–Trinajstić information content (AvgIpc) is 3.38. The maximum atomic E-state index is 13.5. The SMILES string of the molecule is O=C(O)Cc1sc(C2(C(=O)c3cc(Br)ccc3O)C=CC=N2)nc1-c1ccccc1. The summed E-state index contributed by atoms with van der Waals surface area (Å²) in [6, 6.07) is 13.8. The Balaban J connectivity index is 1.88. The Morgan fingerprint density at radius 3 is 2.57 bits per heavy atom. The zero-order valence-electron chi connectivity index (χ0n) is 15.4. The molecule has 0 aliphatic carbocycles. The van der Waals surface area contributed by atoms with Crippen molar-refractivity contribution in [3.05, 3.63) is 80.6 Å². The molecule has 6 nitrogen and oxygen atoms in total. The predicted octanol–water partition coefficient (Wildman–Crippen LogP) is 4.62. The number of halogens is 1. The van der Waals surface area contributed by atoms with Gasteiger partial charge in [0.25, 0.3) is 0 Å². The van der Waals surface area contributed by atoms with Gasteiger partial charge in [-0.1, -0.05) is 46.3 Å². The van der Waals surface area contributed by atoms with Crippen LogP contribution in [-0.4, -0.2) is 33.2 Å². The third kappa shape index (κ3) is 3.59. The molecule has 1 aliphatic heterocycles. The van der Waals surface area contributed by atoms with Crippen molar-refractivity contribution < 1.29 is 19.8 Å². The number of aliphatic imine (C=N–C) groups is 1. The van der Waals surface area contributed by atoms with Gasteiger partial charge in [0, 0.05) is 21.1 Å². The fourth-order valence-corrected chi connectivity index (χ4v) is 4.79. The van der Waals surface area contributed by atoms with Crippen LogP contribution in [-0.2, 0) is 16.8 Å². The average molecular weight is 483 g/mol. The summed E-state index contributed by atoms with van der Waals surface area (Å²) in [5, 5.41) is 20.0. The number of benzene rings is 2. The van der Waals surface area contributed by atoms with E-state index in [0.717, 1.165) is 16.9 Å². The summed E-state index contributed by atoms with van der Waals surface area (Å²) in [4.78, 5) is 34.6. The molecule has 1 aliphatic rings. The van der Waals surface area contributed by atoms with E-state index < -0.39 is 17.3 Å². The molecule has 0 fully saturated rings. The van der Waals surface area contributed by atoms with E-state index in [1.807, 2.05) is 30.3 Å². The van der Waals surface area contributed by atoms with Gasteiger partial charge in [0.15, 0.2) is 5.54 Å². The highest BCUT2D eigenvalue weighted by molar-refractivity contribution is 9.10. The van der Waals surface area contributed by atoms with Crippen LogP contribution in [0.15, 0.2) is 70.1 Å². The molecule has 2 heterocycles. The molecule has 1 aromatic heterocycles. The molecule has 0 saturated carbocycles. The molecular formula is C22H15BrN2O4S. The van der Waals surface area contributed by atoms with Crippen molar-refractivity contribution in [1.82, 2.24) is 4.98 Å². The summed E-state index contributed by atoms with van der Waals surface area (Å²) in [7, 11) is 0. The first-order chi connectivity index (χ1) is 14.4. The molecule has 0 saturated heterocycles. The van der Waals surface area contributed by atoms with Gasteiger partial charge in [0.05, 0.1) is 17.7 Å². The van der Waals surface area contributed by atoms with Crippen LogP contribution in [0.1, 0.15) is 20.2 Å². The summed E-state index contributed by atoms with van der Waals surface area (Å²) in [5.74, 6) is -1.59. The van der Waals surface area contributed by atoms with Gasteiger partial charge in [0.1, 0.15) is 10.8 Å². The van der Waals surface area contributed by atoms with E-state index in [4.69, 9.17) is 0 Å². The molecule has 2 N–H and O–H groups in total. The van der Waals surface area contributed by atoms with E-state index in [-0.39, 0.29) is 17.7 Å². The van der Waals surface area contributed by atoms with E-state index in [2.05, 4.69) is 25.9 Å². The van der Waals surface area contributed by atoms with Crippen molar-refractivity contribution >= 4 is 45.2 Å². The van der Waals surface area contributed by atoms with Crippen molar-refractivity contribution in [2.45, 2.75) is 12.0 Å². The van der Waals surface area contributed by atoms with Crippen molar-refractivity contribution in [1.29, 1.82) is 0 Å². The van der Waals surface area contributed by atoms with Crippen molar-refractivity contribution in [3.63, 3.8) is 0 Å². The number of carboxylic acid groups (broad SMARTS) is 1. The smallest absolute Gasteiger partial charge is 0.308 e. The molecule has 0 bridgehead atoms. The number of carbonyl (C=O) groups excluding carboxylic acids is 1. The van der Waals surface area contributed by atoms with E-state index in [1.54, 1.807) is 18.2 Å². The van der Waals surface area contributed by atoms with Crippen LogP contribution < -0.4 is 0 Å². The van der Waals surface area contributed by atoms with Gasteiger partial charge in [0.2, 0.25) is 5.78 Å². The molecule has 1 atom stereocenters. The molecule has 0 radical (unpaired) electrons. The van der Waals surface area contributed by atoms with Crippen molar-refractivity contribution in [2.75, 3.05) is 0 Å². The molecule has 0 spiro atoms. The van der Waals surface area contributed by atoms with Crippen molar-refractivity contribution in [2.24, 2.45) is 4.99 Å². The quantitative estimate of drug-likeness (QED) is 0.499. The minimum Gasteiger partial charge on any atom is -0.507 e. The first-order valence-corrected chi connectivity index (χ1v) is 10.6. The summed E-state index contributed by atoms with van der Waals surface area (Å²) in [5.41, 5.74) is -0.0815. The van der Waals surface area contributed by atoms with Gasteiger partial charge in [-0.3, -0.25) is 14.6 Å². The van der Waals surface area contributed by atoms with Crippen LogP contribution >= 0.6 is 27.3 Å². The Morgan fingerprint density at radius 1 is 1.13 bits per heavy atom. The number of aromatic hydroxyl groups is 1. The largest absolute Gasteiger partial charge is 0.507 e. The lowest BCUT2D eigenvalue weighted by atomic mass is 9.90. The number of Topliss-reactive ketones (excluding diaryl/α,β-unsaturated/α-hetero) is 1. The minimum absolute atomic E-state index is 0.101. The van der Waals surface area contributed by atoms with Gasteiger partial charge < -0.3 is 10.2 Å². The molecule has 3 aromatic rings. The van der Waals surface area contributed by atoms with E-state index in [9.17, 15) is 19.8 Å². The molecule has 8 heteroatoms. The van der Waals surface area contributed by atoms with Crippen LogP contribution in [0.5, 0.6) is 5.75 Å². The highest BCUT2D eigenvalue weighted by atomic mass is 79.9. The number of thiazole rings is 1. The third-order valence-electron chi connectivity index (χ3n) is 4.63. The van der Waals surface area contributed by atoms with Crippen LogP contribution in [0.3, 0.4) is 0 Å². The number of aliphatic carboxylic acids is 1. The Kier molecular flexibility index (Phi) is 5.36. The third-order valence-corrected chi connectivity index (χ3v) is 6.31. The molecule has 1 unspecified atom stereocenters.